The number of benzene rings is 1. The molecule has 0 bridgehead atoms. The molecule has 0 saturated heterocycles. The lowest BCUT2D eigenvalue weighted by Gasteiger charge is -2.05. The number of aromatic nitrogens is 3. The molecule has 0 atom stereocenters. The SMILES string of the molecule is O=C(CCCCCCCCCCCCCCc1c[nH]nn1)COc1ccccc1. The fraction of sp³-hybridized carbons (Fsp3) is 0.625. The molecule has 0 amide bonds. The van der Waals surface area contributed by atoms with E-state index >= 15 is 0 Å². The topological polar surface area (TPSA) is 67.9 Å². The lowest BCUT2D eigenvalue weighted by atomic mass is 10.0. The fourth-order valence-electron chi connectivity index (χ4n) is 3.50. The van der Waals surface area contributed by atoms with Crippen molar-refractivity contribution in [3.8, 4) is 5.75 Å². The van der Waals surface area contributed by atoms with Crippen LogP contribution in [0.5, 0.6) is 5.75 Å². The third-order valence-corrected chi connectivity index (χ3v) is 5.25. The van der Waals surface area contributed by atoms with E-state index in [1.54, 1.807) is 0 Å². The number of hydrogen-bond acceptors (Lipinski definition) is 4. The Morgan fingerprint density at radius 2 is 1.38 bits per heavy atom. The Balaban J connectivity index is 1.27. The van der Waals surface area contributed by atoms with Crippen molar-refractivity contribution in [1.29, 1.82) is 0 Å². The van der Waals surface area contributed by atoms with Gasteiger partial charge in [0.05, 0.1) is 5.69 Å². The maximum absolute atomic E-state index is 11.8. The normalized spacial score (nSPS) is 10.9. The Morgan fingerprint density at radius 1 is 0.793 bits per heavy atom. The number of unbranched alkanes of at least 4 members (excludes halogenated alkanes) is 11. The minimum atomic E-state index is 0.199. The van der Waals surface area contributed by atoms with Gasteiger partial charge in [-0.3, -0.25) is 9.89 Å². The number of ketones is 1. The van der Waals surface area contributed by atoms with Gasteiger partial charge < -0.3 is 4.74 Å². The lowest BCUT2D eigenvalue weighted by Crippen LogP contribution is -2.10. The number of nitrogens with one attached hydrogen (secondary N) is 1. The van der Waals surface area contributed by atoms with Crippen LogP contribution in [-0.2, 0) is 11.2 Å². The second kappa shape index (κ2) is 15.7. The number of nitrogens with zero attached hydrogens (tertiary/aromatic N) is 2. The van der Waals surface area contributed by atoms with Crippen LogP contribution in [0.4, 0.5) is 0 Å². The highest BCUT2D eigenvalue weighted by Crippen LogP contribution is 2.13. The highest BCUT2D eigenvalue weighted by Gasteiger charge is 2.03. The molecule has 5 nitrogen and oxygen atoms in total. The van der Waals surface area contributed by atoms with Gasteiger partial charge in [0.2, 0.25) is 0 Å². The van der Waals surface area contributed by atoms with Gasteiger partial charge in [0.15, 0.2) is 5.78 Å². The largest absolute Gasteiger partial charge is 0.486 e. The average Bonchev–Trinajstić information content (AvgIpc) is 3.27. The van der Waals surface area contributed by atoms with Crippen LogP contribution in [0.2, 0.25) is 0 Å². The van der Waals surface area contributed by atoms with Crippen LogP contribution >= 0.6 is 0 Å². The zero-order chi connectivity index (χ0) is 20.4. The third-order valence-electron chi connectivity index (χ3n) is 5.25. The Labute approximate surface area is 175 Å². The molecule has 0 radical (unpaired) electrons. The standard InChI is InChI=1S/C24H37N3O2/c28-23(21-29-24-18-14-11-15-19-24)17-13-10-8-6-4-2-1-3-5-7-9-12-16-22-20-25-27-26-22/h11,14-15,18-20H,1-10,12-13,16-17,21H2,(H,25,26,27). The molecule has 1 N–H and O–H groups in total. The van der Waals surface area contributed by atoms with E-state index in [1.807, 2.05) is 36.5 Å². The quantitative estimate of drug-likeness (QED) is 0.309. The first-order chi connectivity index (χ1) is 14.3. The summed E-state index contributed by atoms with van der Waals surface area (Å²) in [4.78, 5) is 11.8. The predicted octanol–water partition coefficient (Wildman–Crippen LogP) is 6.07. The first kappa shape index (κ1) is 23.1. The van der Waals surface area contributed by atoms with Crippen LogP contribution in [0, 0.1) is 0 Å². The molecule has 5 heteroatoms. The summed E-state index contributed by atoms with van der Waals surface area (Å²) >= 11 is 0. The van der Waals surface area contributed by atoms with Crippen molar-refractivity contribution in [1.82, 2.24) is 15.4 Å². The molecule has 2 rings (SSSR count). The van der Waals surface area contributed by atoms with Crippen LogP contribution < -0.4 is 4.74 Å². The van der Waals surface area contributed by atoms with E-state index in [0.717, 1.165) is 30.7 Å². The van der Waals surface area contributed by atoms with Gasteiger partial charge in [0.1, 0.15) is 12.4 Å². The van der Waals surface area contributed by atoms with Crippen molar-refractivity contribution in [2.75, 3.05) is 6.61 Å². The van der Waals surface area contributed by atoms with Crippen molar-refractivity contribution >= 4 is 5.78 Å². The molecule has 0 aliphatic heterocycles. The zero-order valence-electron chi connectivity index (χ0n) is 17.8. The van der Waals surface area contributed by atoms with E-state index in [0.29, 0.717) is 6.42 Å². The van der Waals surface area contributed by atoms with Gasteiger partial charge in [-0.15, -0.1) is 5.10 Å². The number of carbonyl (C=O) groups is 1. The number of H-pyrrole nitrogens is 1. The zero-order valence-corrected chi connectivity index (χ0v) is 17.8. The molecule has 0 fully saturated rings. The van der Waals surface area contributed by atoms with Gasteiger partial charge in [0, 0.05) is 12.6 Å². The predicted molar refractivity (Wildman–Crippen MR) is 117 cm³/mol. The van der Waals surface area contributed by atoms with Crippen LogP contribution in [0.25, 0.3) is 0 Å². The second-order valence-corrected chi connectivity index (χ2v) is 7.85. The Hall–Kier alpha value is -2.17. The Bertz CT molecular complexity index is 629. The third kappa shape index (κ3) is 12.1. The molecule has 0 spiro atoms. The van der Waals surface area contributed by atoms with E-state index < -0.39 is 0 Å². The number of Topliss-reactive ketones (excluding diaryl/α,β-unsaturated/α-hetero) is 1. The molecule has 0 aliphatic carbocycles. The van der Waals surface area contributed by atoms with Gasteiger partial charge in [0.25, 0.3) is 0 Å². The number of ether oxygens (including phenoxy) is 1. The van der Waals surface area contributed by atoms with E-state index in [9.17, 15) is 4.79 Å². The maximum Gasteiger partial charge on any atom is 0.170 e. The van der Waals surface area contributed by atoms with Crippen LogP contribution in [0.15, 0.2) is 36.5 Å². The highest BCUT2D eigenvalue weighted by molar-refractivity contribution is 5.79. The smallest absolute Gasteiger partial charge is 0.170 e. The first-order valence-corrected chi connectivity index (χ1v) is 11.4. The summed E-state index contributed by atoms with van der Waals surface area (Å²) in [7, 11) is 0. The highest BCUT2D eigenvalue weighted by atomic mass is 16.5. The van der Waals surface area contributed by atoms with Crippen LogP contribution in [-0.4, -0.2) is 27.8 Å². The van der Waals surface area contributed by atoms with Crippen molar-refractivity contribution in [2.24, 2.45) is 0 Å². The summed E-state index contributed by atoms with van der Waals surface area (Å²) in [6, 6.07) is 9.55. The molecule has 29 heavy (non-hydrogen) atoms. The molecule has 1 heterocycles. The lowest BCUT2D eigenvalue weighted by molar-refractivity contribution is -0.121. The van der Waals surface area contributed by atoms with Gasteiger partial charge in [-0.1, -0.05) is 87.6 Å². The summed E-state index contributed by atoms with van der Waals surface area (Å²) in [6.45, 7) is 0.199. The average molecular weight is 400 g/mol. The first-order valence-electron chi connectivity index (χ1n) is 11.4. The van der Waals surface area contributed by atoms with E-state index in [1.165, 1.54) is 64.2 Å². The Kier molecular flexibility index (Phi) is 12.5. The van der Waals surface area contributed by atoms with Crippen molar-refractivity contribution in [3.63, 3.8) is 0 Å². The minimum Gasteiger partial charge on any atom is -0.486 e. The molecular formula is C24H37N3O2. The molecule has 160 valence electrons. The molecule has 0 aliphatic rings. The maximum atomic E-state index is 11.8. The molecule has 0 unspecified atom stereocenters. The summed E-state index contributed by atoms with van der Waals surface area (Å²) in [5.41, 5.74) is 1.08. The number of rotatable bonds is 18. The Morgan fingerprint density at radius 3 is 1.97 bits per heavy atom. The van der Waals surface area contributed by atoms with Gasteiger partial charge >= 0.3 is 0 Å². The molecule has 0 saturated carbocycles. The minimum absolute atomic E-state index is 0.199. The number of hydrogen-bond donors (Lipinski definition) is 1. The van der Waals surface area contributed by atoms with E-state index in [-0.39, 0.29) is 12.4 Å². The van der Waals surface area contributed by atoms with Gasteiger partial charge in [-0.05, 0) is 31.4 Å². The summed E-state index contributed by atoms with van der Waals surface area (Å²) in [5, 5.41) is 10.5. The molecule has 2 aromatic rings. The van der Waals surface area contributed by atoms with Crippen molar-refractivity contribution in [2.45, 2.75) is 89.9 Å². The number of aromatic amines is 1. The van der Waals surface area contributed by atoms with Gasteiger partial charge in [-0.2, -0.15) is 0 Å². The molecular weight excluding hydrogens is 362 g/mol. The number of aryl methyl sites for hydroxylation is 1. The number of para-hydroxylation sites is 1. The second-order valence-electron chi connectivity index (χ2n) is 7.85. The van der Waals surface area contributed by atoms with E-state index in [4.69, 9.17) is 4.74 Å². The van der Waals surface area contributed by atoms with Crippen LogP contribution in [0.1, 0.15) is 89.2 Å². The van der Waals surface area contributed by atoms with Crippen LogP contribution in [0.3, 0.4) is 0 Å². The fourth-order valence-corrected chi connectivity index (χ4v) is 3.50. The van der Waals surface area contributed by atoms with Crippen molar-refractivity contribution < 1.29 is 9.53 Å². The monoisotopic (exact) mass is 399 g/mol. The molecule has 1 aromatic heterocycles. The summed E-state index contributed by atoms with van der Waals surface area (Å²) in [6.07, 6.45) is 18.9. The van der Waals surface area contributed by atoms with Gasteiger partial charge in [-0.25, -0.2) is 0 Å². The van der Waals surface area contributed by atoms with Crippen molar-refractivity contribution in [3.05, 3.63) is 42.2 Å². The van der Waals surface area contributed by atoms with E-state index in [2.05, 4.69) is 15.4 Å². The number of carbonyl (C=O) groups excluding carboxylic acids is 1. The summed E-state index contributed by atoms with van der Waals surface area (Å²) < 4.78 is 5.49. The summed E-state index contributed by atoms with van der Waals surface area (Å²) in [5.74, 6) is 0.974. The molecule has 1 aromatic carbocycles.